The maximum Gasteiger partial charge on any atom is 0.340 e. The fourth-order valence-electron chi connectivity index (χ4n) is 1.96. The Labute approximate surface area is 138 Å². The highest BCUT2D eigenvalue weighted by atomic mass is 16.5. The van der Waals surface area contributed by atoms with E-state index in [1.807, 2.05) is 0 Å². The molecule has 1 aromatic heterocycles. The van der Waals surface area contributed by atoms with Gasteiger partial charge >= 0.3 is 11.9 Å². The van der Waals surface area contributed by atoms with Crippen molar-refractivity contribution in [1.82, 2.24) is 4.98 Å². The van der Waals surface area contributed by atoms with E-state index in [1.165, 1.54) is 36.7 Å². The van der Waals surface area contributed by atoms with Crippen LogP contribution < -0.4 is 5.32 Å². The van der Waals surface area contributed by atoms with Crippen LogP contribution in [0.1, 0.15) is 34.1 Å². The molecule has 7 nitrogen and oxygen atoms in total. The van der Waals surface area contributed by atoms with Gasteiger partial charge in [0.15, 0.2) is 6.10 Å². The number of pyridine rings is 1. The van der Waals surface area contributed by atoms with Gasteiger partial charge in [-0.1, -0.05) is 13.0 Å². The molecule has 1 amide bonds. The predicted octanol–water partition coefficient (Wildman–Crippen LogP) is 2.35. The summed E-state index contributed by atoms with van der Waals surface area (Å²) < 4.78 is 5.19. The van der Waals surface area contributed by atoms with E-state index < -0.39 is 23.9 Å². The summed E-state index contributed by atoms with van der Waals surface area (Å²) in [5.74, 6) is -2.28. The second-order valence-corrected chi connectivity index (χ2v) is 4.92. The lowest BCUT2D eigenvalue weighted by molar-refractivity contribution is -0.124. The van der Waals surface area contributed by atoms with Crippen molar-refractivity contribution >= 4 is 23.5 Å². The van der Waals surface area contributed by atoms with Crippen LogP contribution in [0.15, 0.2) is 48.8 Å². The zero-order valence-electron chi connectivity index (χ0n) is 12.9. The Morgan fingerprint density at radius 1 is 1.21 bits per heavy atom. The first-order chi connectivity index (χ1) is 11.5. The van der Waals surface area contributed by atoms with Crippen molar-refractivity contribution in [3.05, 3.63) is 59.9 Å². The summed E-state index contributed by atoms with van der Waals surface area (Å²) in [5, 5.41) is 11.5. The number of amides is 1. The molecule has 0 aliphatic rings. The molecular weight excluding hydrogens is 312 g/mol. The minimum Gasteiger partial charge on any atom is -0.478 e. The van der Waals surface area contributed by atoms with Gasteiger partial charge in [0, 0.05) is 18.1 Å². The maximum atomic E-state index is 12.2. The van der Waals surface area contributed by atoms with E-state index in [4.69, 9.17) is 9.84 Å². The van der Waals surface area contributed by atoms with Gasteiger partial charge in [-0.05, 0) is 36.8 Å². The molecule has 2 rings (SSSR count). The normalized spacial score (nSPS) is 11.4. The Morgan fingerprint density at radius 3 is 2.58 bits per heavy atom. The highest BCUT2D eigenvalue weighted by Crippen LogP contribution is 2.13. The quantitative estimate of drug-likeness (QED) is 0.789. The number of aromatic nitrogens is 1. The zero-order chi connectivity index (χ0) is 17.5. The van der Waals surface area contributed by atoms with Gasteiger partial charge in [-0.25, -0.2) is 9.59 Å². The Balaban J connectivity index is 2.05. The van der Waals surface area contributed by atoms with E-state index in [9.17, 15) is 14.4 Å². The molecule has 0 aliphatic heterocycles. The third-order valence-corrected chi connectivity index (χ3v) is 3.19. The van der Waals surface area contributed by atoms with Gasteiger partial charge in [-0.2, -0.15) is 0 Å². The number of rotatable bonds is 6. The minimum absolute atomic E-state index is 0.0493. The van der Waals surface area contributed by atoms with Crippen molar-refractivity contribution < 1.29 is 24.2 Å². The molecule has 1 atom stereocenters. The van der Waals surface area contributed by atoms with Crippen molar-refractivity contribution in [2.45, 2.75) is 19.4 Å². The average Bonchev–Trinajstić information content (AvgIpc) is 2.60. The Bertz CT molecular complexity index is 746. The fourth-order valence-corrected chi connectivity index (χ4v) is 1.96. The highest BCUT2D eigenvalue weighted by molar-refractivity contribution is 5.98. The molecule has 0 saturated heterocycles. The van der Waals surface area contributed by atoms with E-state index in [0.29, 0.717) is 5.69 Å². The summed E-state index contributed by atoms with van der Waals surface area (Å²) in [7, 11) is 0. The summed E-state index contributed by atoms with van der Waals surface area (Å²) in [5.41, 5.74) is 0.612. The second-order valence-electron chi connectivity index (χ2n) is 4.92. The van der Waals surface area contributed by atoms with Gasteiger partial charge in [-0.3, -0.25) is 9.78 Å². The summed E-state index contributed by atoms with van der Waals surface area (Å²) in [4.78, 5) is 39.0. The predicted molar refractivity (Wildman–Crippen MR) is 85.8 cm³/mol. The number of carbonyl (C=O) groups excluding carboxylic acids is 2. The minimum atomic E-state index is -1.10. The Hall–Kier alpha value is -3.22. The van der Waals surface area contributed by atoms with Crippen molar-refractivity contribution in [1.29, 1.82) is 0 Å². The van der Waals surface area contributed by atoms with E-state index >= 15 is 0 Å². The van der Waals surface area contributed by atoms with Crippen LogP contribution in [0.5, 0.6) is 0 Å². The molecule has 2 aromatic rings. The largest absolute Gasteiger partial charge is 0.478 e. The number of nitrogens with zero attached hydrogens (tertiary/aromatic N) is 1. The molecule has 24 heavy (non-hydrogen) atoms. The second kappa shape index (κ2) is 7.87. The molecule has 7 heteroatoms. The molecule has 0 aliphatic carbocycles. The van der Waals surface area contributed by atoms with Gasteiger partial charge in [-0.15, -0.1) is 0 Å². The van der Waals surface area contributed by atoms with E-state index in [2.05, 4.69) is 10.3 Å². The highest BCUT2D eigenvalue weighted by Gasteiger charge is 2.22. The molecule has 1 heterocycles. The van der Waals surface area contributed by atoms with E-state index in [0.717, 1.165) is 0 Å². The lowest BCUT2D eigenvalue weighted by Gasteiger charge is -2.16. The van der Waals surface area contributed by atoms with Crippen molar-refractivity contribution in [3.63, 3.8) is 0 Å². The average molecular weight is 328 g/mol. The number of hydrogen-bond acceptors (Lipinski definition) is 5. The zero-order valence-corrected chi connectivity index (χ0v) is 12.9. The molecule has 0 spiro atoms. The SMILES string of the molecule is CCC(OC(=O)c1cccnc1)C(=O)Nc1cccc(C(=O)O)c1. The lowest BCUT2D eigenvalue weighted by Crippen LogP contribution is -2.32. The molecular formula is C17H16N2O5. The molecule has 0 saturated carbocycles. The van der Waals surface area contributed by atoms with Crippen LogP contribution in [0.25, 0.3) is 0 Å². The van der Waals surface area contributed by atoms with Crippen LogP contribution in [0.3, 0.4) is 0 Å². The first kappa shape index (κ1) is 17.1. The van der Waals surface area contributed by atoms with Crippen LogP contribution in [0.4, 0.5) is 5.69 Å². The van der Waals surface area contributed by atoms with Gasteiger partial charge < -0.3 is 15.2 Å². The van der Waals surface area contributed by atoms with Crippen LogP contribution in [-0.2, 0) is 9.53 Å². The number of benzene rings is 1. The smallest absolute Gasteiger partial charge is 0.340 e. The Morgan fingerprint density at radius 2 is 1.96 bits per heavy atom. The van der Waals surface area contributed by atoms with Crippen molar-refractivity contribution in [2.24, 2.45) is 0 Å². The number of carbonyl (C=O) groups is 3. The third-order valence-electron chi connectivity index (χ3n) is 3.19. The number of hydrogen-bond donors (Lipinski definition) is 2. The topological polar surface area (TPSA) is 106 Å². The fraction of sp³-hybridized carbons (Fsp3) is 0.176. The van der Waals surface area contributed by atoms with E-state index in [1.54, 1.807) is 19.1 Å². The standard InChI is InChI=1S/C17H16N2O5/c1-2-14(24-17(23)12-6-4-8-18-10-12)15(20)19-13-7-3-5-11(9-13)16(21)22/h3-10,14H,2H2,1H3,(H,19,20)(H,21,22). The summed E-state index contributed by atoms with van der Waals surface area (Å²) in [6, 6.07) is 8.95. The number of aromatic carboxylic acids is 1. The number of anilines is 1. The number of esters is 1. The maximum absolute atomic E-state index is 12.2. The molecule has 1 aromatic carbocycles. The van der Waals surface area contributed by atoms with Gasteiger partial charge in [0.2, 0.25) is 0 Å². The first-order valence-electron chi connectivity index (χ1n) is 7.26. The molecule has 2 N–H and O–H groups in total. The van der Waals surface area contributed by atoms with Crippen LogP contribution in [0.2, 0.25) is 0 Å². The lowest BCUT2D eigenvalue weighted by atomic mass is 10.2. The summed E-state index contributed by atoms with van der Waals surface area (Å²) in [6.07, 6.45) is 2.15. The third kappa shape index (κ3) is 4.39. The molecule has 124 valence electrons. The van der Waals surface area contributed by atoms with Gasteiger partial charge in [0.05, 0.1) is 11.1 Å². The number of carboxylic acids is 1. The van der Waals surface area contributed by atoms with Crippen LogP contribution in [0, 0.1) is 0 Å². The van der Waals surface area contributed by atoms with E-state index in [-0.39, 0.29) is 17.5 Å². The van der Waals surface area contributed by atoms with Crippen LogP contribution >= 0.6 is 0 Å². The number of nitrogens with one attached hydrogen (secondary N) is 1. The molecule has 0 fully saturated rings. The number of ether oxygens (including phenoxy) is 1. The monoisotopic (exact) mass is 328 g/mol. The summed E-state index contributed by atoms with van der Waals surface area (Å²) in [6.45, 7) is 1.70. The van der Waals surface area contributed by atoms with Crippen molar-refractivity contribution in [2.75, 3.05) is 5.32 Å². The van der Waals surface area contributed by atoms with Crippen molar-refractivity contribution in [3.8, 4) is 0 Å². The van der Waals surface area contributed by atoms with Gasteiger partial charge in [0.1, 0.15) is 0 Å². The number of carboxylic acid groups (broad SMARTS) is 1. The molecule has 0 bridgehead atoms. The molecule has 1 unspecified atom stereocenters. The van der Waals surface area contributed by atoms with Gasteiger partial charge in [0.25, 0.3) is 5.91 Å². The van der Waals surface area contributed by atoms with Crippen LogP contribution in [-0.4, -0.2) is 34.0 Å². The molecule has 0 radical (unpaired) electrons. The Kier molecular flexibility index (Phi) is 5.62. The summed E-state index contributed by atoms with van der Waals surface area (Å²) >= 11 is 0. The first-order valence-corrected chi connectivity index (χ1v) is 7.26.